The Kier molecular flexibility index (Phi) is 6.13. The van der Waals surface area contributed by atoms with Crippen LogP contribution in [0.1, 0.15) is 17.0 Å². The molecule has 124 valence electrons. The molecular weight excluding hydrogens is 314 g/mol. The summed E-state index contributed by atoms with van der Waals surface area (Å²) in [6, 6.07) is 11.6. The lowest BCUT2D eigenvalue weighted by Gasteiger charge is -2.19. The van der Waals surface area contributed by atoms with E-state index in [0.717, 1.165) is 16.9 Å². The van der Waals surface area contributed by atoms with Crippen molar-refractivity contribution in [3.8, 4) is 17.2 Å². The van der Waals surface area contributed by atoms with Gasteiger partial charge in [-0.05, 0) is 36.7 Å². The Morgan fingerprint density at radius 2 is 1.83 bits per heavy atom. The number of ether oxygens (including phenoxy) is 3. The number of nitrogens with two attached hydrogens (primary N) is 1. The Bertz CT molecular complexity index is 661. The fraction of sp³-hybridized carbons (Fsp3) is 0.333. The van der Waals surface area contributed by atoms with Crippen LogP contribution in [-0.4, -0.2) is 27.9 Å². The number of methoxy groups -OCH3 is 3. The van der Waals surface area contributed by atoms with E-state index in [1.165, 1.54) is 0 Å². The molecule has 23 heavy (non-hydrogen) atoms. The van der Waals surface area contributed by atoms with Gasteiger partial charge in [-0.15, -0.1) is 0 Å². The number of benzene rings is 2. The molecule has 0 fully saturated rings. The molecule has 5 heteroatoms. The van der Waals surface area contributed by atoms with Gasteiger partial charge in [0.1, 0.15) is 5.75 Å². The van der Waals surface area contributed by atoms with Gasteiger partial charge >= 0.3 is 0 Å². The van der Waals surface area contributed by atoms with Crippen LogP contribution in [0.3, 0.4) is 0 Å². The maximum absolute atomic E-state index is 6.19. The molecule has 0 amide bonds. The molecule has 2 aromatic rings. The van der Waals surface area contributed by atoms with Crippen molar-refractivity contribution < 1.29 is 14.2 Å². The zero-order chi connectivity index (χ0) is 16.8. The SMILES string of the molecule is COc1cccc(C(CN)Cc2cc(Cl)cc(OC)c2OC)c1. The maximum Gasteiger partial charge on any atom is 0.164 e. The topological polar surface area (TPSA) is 53.7 Å². The normalized spacial score (nSPS) is 11.9. The van der Waals surface area contributed by atoms with Gasteiger partial charge in [0.15, 0.2) is 11.5 Å². The van der Waals surface area contributed by atoms with Crippen molar-refractivity contribution in [1.29, 1.82) is 0 Å². The molecule has 0 aliphatic heterocycles. The maximum atomic E-state index is 6.19. The van der Waals surface area contributed by atoms with Crippen molar-refractivity contribution in [3.05, 3.63) is 52.5 Å². The number of hydrogen-bond donors (Lipinski definition) is 1. The molecule has 1 unspecified atom stereocenters. The monoisotopic (exact) mass is 335 g/mol. The Labute approximate surface area is 142 Å². The van der Waals surface area contributed by atoms with Crippen LogP contribution < -0.4 is 19.9 Å². The molecule has 0 aromatic heterocycles. The Morgan fingerprint density at radius 1 is 1.04 bits per heavy atom. The highest BCUT2D eigenvalue weighted by molar-refractivity contribution is 6.30. The molecule has 0 aliphatic rings. The molecule has 2 rings (SSSR count). The summed E-state index contributed by atoms with van der Waals surface area (Å²) in [6.07, 6.45) is 0.698. The summed E-state index contributed by atoms with van der Waals surface area (Å²) in [5.74, 6) is 2.26. The summed E-state index contributed by atoms with van der Waals surface area (Å²) >= 11 is 6.19. The van der Waals surface area contributed by atoms with Crippen molar-refractivity contribution in [2.75, 3.05) is 27.9 Å². The Balaban J connectivity index is 2.36. The van der Waals surface area contributed by atoms with Crippen LogP contribution in [0.25, 0.3) is 0 Å². The predicted molar refractivity (Wildman–Crippen MR) is 93.0 cm³/mol. The minimum Gasteiger partial charge on any atom is -0.497 e. The van der Waals surface area contributed by atoms with E-state index in [0.29, 0.717) is 29.5 Å². The molecule has 0 bridgehead atoms. The summed E-state index contributed by atoms with van der Waals surface area (Å²) in [5.41, 5.74) is 8.08. The summed E-state index contributed by atoms with van der Waals surface area (Å²) in [5, 5.41) is 0.610. The molecule has 0 saturated heterocycles. The van der Waals surface area contributed by atoms with E-state index in [1.807, 2.05) is 30.3 Å². The van der Waals surface area contributed by atoms with Crippen molar-refractivity contribution in [2.45, 2.75) is 12.3 Å². The molecule has 2 N–H and O–H groups in total. The van der Waals surface area contributed by atoms with Crippen LogP contribution in [0, 0.1) is 0 Å². The van der Waals surface area contributed by atoms with Crippen LogP contribution >= 0.6 is 11.6 Å². The first-order valence-electron chi connectivity index (χ1n) is 7.37. The van der Waals surface area contributed by atoms with Crippen LogP contribution in [-0.2, 0) is 6.42 Å². The predicted octanol–water partition coefficient (Wildman–Crippen LogP) is 3.65. The second-order valence-corrected chi connectivity index (χ2v) is 5.65. The lowest BCUT2D eigenvalue weighted by atomic mass is 9.91. The average molecular weight is 336 g/mol. The zero-order valence-corrected chi connectivity index (χ0v) is 14.4. The number of halogens is 1. The molecule has 0 heterocycles. The van der Waals surface area contributed by atoms with Crippen molar-refractivity contribution in [3.63, 3.8) is 0 Å². The van der Waals surface area contributed by atoms with Gasteiger partial charge in [0.25, 0.3) is 0 Å². The van der Waals surface area contributed by atoms with Gasteiger partial charge in [0.05, 0.1) is 21.3 Å². The first kappa shape index (κ1) is 17.4. The number of hydrogen-bond acceptors (Lipinski definition) is 4. The van der Waals surface area contributed by atoms with E-state index in [1.54, 1.807) is 27.4 Å². The zero-order valence-electron chi connectivity index (χ0n) is 13.6. The van der Waals surface area contributed by atoms with E-state index in [9.17, 15) is 0 Å². The van der Waals surface area contributed by atoms with Crippen LogP contribution in [0.5, 0.6) is 17.2 Å². The number of rotatable bonds is 7. The highest BCUT2D eigenvalue weighted by Gasteiger charge is 2.18. The lowest BCUT2D eigenvalue weighted by Crippen LogP contribution is -2.15. The van der Waals surface area contributed by atoms with Gasteiger partial charge in [0.2, 0.25) is 0 Å². The van der Waals surface area contributed by atoms with E-state index >= 15 is 0 Å². The smallest absolute Gasteiger partial charge is 0.164 e. The highest BCUT2D eigenvalue weighted by atomic mass is 35.5. The summed E-state index contributed by atoms with van der Waals surface area (Å²) < 4.78 is 16.1. The van der Waals surface area contributed by atoms with Crippen molar-refractivity contribution >= 4 is 11.6 Å². The molecule has 0 radical (unpaired) electrons. The molecule has 0 saturated carbocycles. The van der Waals surface area contributed by atoms with E-state index in [2.05, 4.69) is 0 Å². The van der Waals surface area contributed by atoms with Gasteiger partial charge in [-0.25, -0.2) is 0 Å². The van der Waals surface area contributed by atoms with Gasteiger partial charge in [-0.2, -0.15) is 0 Å². The highest BCUT2D eigenvalue weighted by Crippen LogP contribution is 2.37. The molecular formula is C18H22ClNO3. The van der Waals surface area contributed by atoms with Gasteiger partial charge in [-0.1, -0.05) is 23.7 Å². The van der Waals surface area contributed by atoms with Gasteiger partial charge in [0, 0.05) is 22.6 Å². The van der Waals surface area contributed by atoms with Crippen LogP contribution in [0.4, 0.5) is 0 Å². The van der Waals surface area contributed by atoms with E-state index < -0.39 is 0 Å². The minimum atomic E-state index is 0.127. The third kappa shape index (κ3) is 4.09. The van der Waals surface area contributed by atoms with E-state index in [4.69, 9.17) is 31.5 Å². The molecule has 0 aliphatic carbocycles. The van der Waals surface area contributed by atoms with Gasteiger partial charge in [-0.3, -0.25) is 0 Å². The van der Waals surface area contributed by atoms with E-state index in [-0.39, 0.29) is 5.92 Å². The summed E-state index contributed by atoms with van der Waals surface area (Å²) in [4.78, 5) is 0. The Morgan fingerprint density at radius 3 is 2.43 bits per heavy atom. The third-order valence-electron chi connectivity index (χ3n) is 3.84. The third-order valence-corrected chi connectivity index (χ3v) is 4.05. The lowest BCUT2D eigenvalue weighted by molar-refractivity contribution is 0.351. The summed E-state index contributed by atoms with van der Waals surface area (Å²) in [7, 11) is 4.88. The molecule has 2 aromatic carbocycles. The van der Waals surface area contributed by atoms with Crippen LogP contribution in [0.15, 0.2) is 36.4 Å². The average Bonchev–Trinajstić information content (AvgIpc) is 2.58. The first-order chi connectivity index (χ1) is 11.1. The van der Waals surface area contributed by atoms with Crippen molar-refractivity contribution in [1.82, 2.24) is 0 Å². The molecule has 0 spiro atoms. The molecule has 4 nitrogen and oxygen atoms in total. The second-order valence-electron chi connectivity index (χ2n) is 5.21. The largest absolute Gasteiger partial charge is 0.497 e. The summed E-state index contributed by atoms with van der Waals surface area (Å²) in [6.45, 7) is 0.505. The quantitative estimate of drug-likeness (QED) is 0.839. The Hall–Kier alpha value is -1.91. The first-order valence-corrected chi connectivity index (χ1v) is 7.75. The fourth-order valence-corrected chi connectivity index (χ4v) is 2.89. The van der Waals surface area contributed by atoms with Crippen LogP contribution in [0.2, 0.25) is 5.02 Å². The standard InChI is InChI=1S/C18H22ClNO3/c1-21-16-6-4-5-12(9-16)14(11-20)7-13-8-15(19)10-17(22-2)18(13)23-3/h4-6,8-10,14H,7,11,20H2,1-3H3. The fourth-order valence-electron chi connectivity index (χ4n) is 2.66. The minimum absolute atomic E-state index is 0.127. The molecule has 1 atom stereocenters. The second kappa shape index (κ2) is 8.09. The van der Waals surface area contributed by atoms with Crippen molar-refractivity contribution in [2.24, 2.45) is 5.73 Å². The van der Waals surface area contributed by atoms with Gasteiger partial charge < -0.3 is 19.9 Å².